The van der Waals surface area contributed by atoms with Gasteiger partial charge in [-0.3, -0.25) is 11.7 Å². The molecule has 0 aromatic rings. The number of unbranched alkanes of at least 4 members (excludes halogenated alkanes) is 1. The van der Waals surface area contributed by atoms with Crippen LogP contribution in [0, 0.1) is 0 Å². The van der Waals surface area contributed by atoms with Gasteiger partial charge in [0, 0.05) is 6.08 Å². The van der Waals surface area contributed by atoms with Crippen molar-refractivity contribution < 1.29 is 9.53 Å². The van der Waals surface area contributed by atoms with Crippen molar-refractivity contribution in [2.24, 2.45) is 11.7 Å². The maximum Gasteiger partial charge on any atom is 0.330 e. The Morgan fingerprint density at radius 3 is 2.55 bits per heavy atom. The van der Waals surface area contributed by atoms with E-state index in [-0.39, 0.29) is 5.97 Å². The highest BCUT2D eigenvalue weighted by Crippen LogP contribution is 1.88. The van der Waals surface area contributed by atoms with Crippen LogP contribution in [0.4, 0.5) is 0 Å². The van der Waals surface area contributed by atoms with Crippen molar-refractivity contribution in [2.45, 2.75) is 19.8 Å². The molecule has 4 heteroatoms. The number of esters is 1. The molecule has 4 N–H and O–H groups in total. The fourth-order valence-corrected chi connectivity index (χ4v) is 0.376. The Hall–Kier alpha value is -0.870. The molecule has 0 amide bonds. The summed E-state index contributed by atoms with van der Waals surface area (Å²) in [6, 6.07) is 0. The van der Waals surface area contributed by atoms with E-state index in [0.29, 0.717) is 6.61 Å². The van der Waals surface area contributed by atoms with Crippen molar-refractivity contribution in [1.29, 1.82) is 0 Å². The number of ether oxygens (including phenoxy) is 1. The van der Waals surface area contributed by atoms with Crippen molar-refractivity contribution in [3.05, 3.63) is 12.7 Å². The standard InChI is InChI=1S/C7H12O2.H4N2/c1-3-5-6-9-7(8)4-2;1-2/h4H,2-3,5-6H2,1H3;1-2H2. The number of nitrogens with two attached hydrogens (primary N) is 2. The van der Waals surface area contributed by atoms with E-state index in [2.05, 4.69) is 23.0 Å². The Morgan fingerprint density at radius 1 is 1.64 bits per heavy atom. The van der Waals surface area contributed by atoms with Crippen LogP contribution in [-0.4, -0.2) is 12.6 Å². The lowest BCUT2D eigenvalue weighted by Gasteiger charge is -1.97. The fourth-order valence-electron chi connectivity index (χ4n) is 0.376. The molecule has 0 heterocycles. The average molecular weight is 160 g/mol. The van der Waals surface area contributed by atoms with Gasteiger partial charge in [0.15, 0.2) is 0 Å². The first kappa shape index (κ1) is 12.8. The highest BCUT2D eigenvalue weighted by atomic mass is 16.5. The first-order valence-electron chi connectivity index (χ1n) is 3.43. The predicted molar refractivity (Wildman–Crippen MR) is 44.4 cm³/mol. The number of hydrogen-bond donors (Lipinski definition) is 2. The molecule has 0 saturated carbocycles. The van der Waals surface area contributed by atoms with Crippen molar-refractivity contribution in [3.8, 4) is 0 Å². The van der Waals surface area contributed by atoms with Crippen molar-refractivity contribution >= 4 is 5.97 Å². The smallest absolute Gasteiger partial charge is 0.330 e. The molecular weight excluding hydrogens is 144 g/mol. The second-order valence-corrected chi connectivity index (χ2v) is 1.73. The Labute approximate surface area is 67.2 Å². The Kier molecular flexibility index (Phi) is 13.8. The molecule has 0 bridgehead atoms. The molecule has 66 valence electrons. The van der Waals surface area contributed by atoms with Gasteiger partial charge < -0.3 is 4.74 Å². The third-order valence-corrected chi connectivity index (χ3v) is 0.909. The van der Waals surface area contributed by atoms with E-state index in [1.165, 1.54) is 6.08 Å². The summed E-state index contributed by atoms with van der Waals surface area (Å²) >= 11 is 0. The molecule has 0 fully saturated rings. The third kappa shape index (κ3) is 12.4. The van der Waals surface area contributed by atoms with E-state index >= 15 is 0 Å². The SMILES string of the molecule is C=CC(=O)OCCCC.NN. The van der Waals surface area contributed by atoms with Crippen LogP contribution in [0.5, 0.6) is 0 Å². The molecule has 0 aromatic heterocycles. The van der Waals surface area contributed by atoms with Crippen LogP contribution >= 0.6 is 0 Å². The van der Waals surface area contributed by atoms with Gasteiger partial charge in [-0.2, -0.15) is 0 Å². The summed E-state index contributed by atoms with van der Waals surface area (Å²) in [4.78, 5) is 10.3. The Bertz CT molecular complexity index is 105. The third-order valence-electron chi connectivity index (χ3n) is 0.909. The van der Waals surface area contributed by atoms with Gasteiger partial charge in [0.1, 0.15) is 0 Å². The quantitative estimate of drug-likeness (QED) is 0.204. The summed E-state index contributed by atoms with van der Waals surface area (Å²) in [5.74, 6) is 7.67. The maximum atomic E-state index is 10.3. The van der Waals surface area contributed by atoms with Crippen LogP contribution < -0.4 is 11.7 Å². The van der Waals surface area contributed by atoms with E-state index < -0.39 is 0 Å². The largest absolute Gasteiger partial charge is 0.463 e. The van der Waals surface area contributed by atoms with E-state index in [0.717, 1.165) is 12.8 Å². The predicted octanol–water partition coefficient (Wildman–Crippen LogP) is 0.335. The summed E-state index contributed by atoms with van der Waals surface area (Å²) in [6.45, 7) is 5.82. The van der Waals surface area contributed by atoms with Crippen LogP contribution in [0.15, 0.2) is 12.7 Å². The minimum Gasteiger partial charge on any atom is -0.463 e. The molecule has 0 rings (SSSR count). The first-order chi connectivity index (χ1) is 5.31. The molecule has 0 aliphatic carbocycles. The van der Waals surface area contributed by atoms with Gasteiger partial charge in [-0.05, 0) is 6.42 Å². The highest BCUT2D eigenvalue weighted by Gasteiger charge is 1.91. The van der Waals surface area contributed by atoms with Crippen molar-refractivity contribution in [1.82, 2.24) is 0 Å². The van der Waals surface area contributed by atoms with E-state index in [1.54, 1.807) is 0 Å². The number of hydrazine groups is 1. The molecule has 0 spiro atoms. The van der Waals surface area contributed by atoms with Gasteiger partial charge in [-0.1, -0.05) is 19.9 Å². The van der Waals surface area contributed by atoms with Gasteiger partial charge >= 0.3 is 5.97 Å². The number of carbonyl (C=O) groups excluding carboxylic acids is 1. The lowest BCUT2D eigenvalue weighted by atomic mass is 10.4. The summed E-state index contributed by atoms with van der Waals surface area (Å²) in [5.41, 5.74) is 0. The summed E-state index contributed by atoms with van der Waals surface area (Å²) in [6.07, 6.45) is 3.15. The average Bonchev–Trinajstić information content (AvgIpc) is 2.08. The monoisotopic (exact) mass is 160 g/mol. The molecule has 0 aliphatic rings. The highest BCUT2D eigenvalue weighted by molar-refractivity contribution is 5.81. The minimum absolute atomic E-state index is 0.330. The zero-order valence-electron chi connectivity index (χ0n) is 6.88. The van der Waals surface area contributed by atoms with Crippen molar-refractivity contribution in [2.75, 3.05) is 6.61 Å². The van der Waals surface area contributed by atoms with Crippen LogP contribution in [0.3, 0.4) is 0 Å². The zero-order chi connectivity index (χ0) is 9.11. The van der Waals surface area contributed by atoms with E-state index in [9.17, 15) is 4.79 Å². The number of hydrogen-bond acceptors (Lipinski definition) is 4. The van der Waals surface area contributed by atoms with Gasteiger partial charge in [-0.25, -0.2) is 4.79 Å². The second kappa shape index (κ2) is 11.9. The zero-order valence-corrected chi connectivity index (χ0v) is 6.88. The number of carbonyl (C=O) groups is 1. The summed E-state index contributed by atoms with van der Waals surface area (Å²) in [7, 11) is 0. The second-order valence-electron chi connectivity index (χ2n) is 1.73. The number of rotatable bonds is 4. The molecule has 0 aromatic carbocycles. The van der Waals surface area contributed by atoms with Crippen LogP contribution in [-0.2, 0) is 9.53 Å². The molecular formula is C7H16N2O2. The fraction of sp³-hybridized carbons (Fsp3) is 0.571. The van der Waals surface area contributed by atoms with Gasteiger partial charge in [0.25, 0.3) is 0 Å². The van der Waals surface area contributed by atoms with Crippen molar-refractivity contribution in [3.63, 3.8) is 0 Å². The lowest BCUT2D eigenvalue weighted by molar-refractivity contribution is -0.137. The lowest BCUT2D eigenvalue weighted by Crippen LogP contribution is -2.02. The molecule has 4 nitrogen and oxygen atoms in total. The van der Waals surface area contributed by atoms with E-state index in [1.807, 2.05) is 6.92 Å². The molecule has 0 aliphatic heterocycles. The van der Waals surface area contributed by atoms with Gasteiger partial charge in [-0.15, -0.1) is 0 Å². The first-order valence-corrected chi connectivity index (χ1v) is 3.43. The topological polar surface area (TPSA) is 78.3 Å². The Morgan fingerprint density at radius 2 is 2.18 bits per heavy atom. The van der Waals surface area contributed by atoms with E-state index in [4.69, 9.17) is 0 Å². The molecule has 0 unspecified atom stereocenters. The molecule has 0 atom stereocenters. The summed E-state index contributed by atoms with van der Waals surface area (Å²) in [5, 5.41) is 0. The van der Waals surface area contributed by atoms with Gasteiger partial charge in [0.2, 0.25) is 0 Å². The minimum atomic E-state index is -0.330. The van der Waals surface area contributed by atoms with Crippen LogP contribution in [0.2, 0.25) is 0 Å². The molecule has 0 radical (unpaired) electrons. The van der Waals surface area contributed by atoms with Crippen LogP contribution in [0.1, 0.15) is 19.8 Å². The molecule has 11 heavy (non-hydrogen) atoms. The maximum absolute atomic E-state index is 10.3. The Balaban J connectivity index is 0. The molecule has 0 saturated heterocycles. The van der Waals surface area contributed by atoms with Gasteiger partial charge in [0.05, 0.1) is 6.61 Å². The van der Waals surface area contributed by atoms with Crippen LogP contribution in [0.25, 0.3) is 0 Å². The summed E-state index contributed by atoms with van der Waals surface area (Å²) < 4.78 is 4.67. The normalized spacial score (nSPS) is 7.55.